The largest absolute Gasteiger partial charge is 0.0845 e. The van der Waals surface area contributed by atoms with Crippen molar-refractivity contribution < 1.29 is 0 Å². The highest BCUT2D eigenvalue weighted by molar-refractivity contribution is 6.16. The van der Waals surface area contributed by atoms with E-state index in [2.05, 4.69) is 298 Å². The number of aryl methyl sites for hydroxylation is 7. The van der Waals surface area contributed by atoms with Gasteiger partial charge in [0.05, 0.1) is 0 Å². The van der Waals surface area contributed by atoms with Crippen LogP contribution in [0.25, 0.3) is 22.3 Å². The van der Waals surface area contributed by atoms with E-state index in [4.69, 9.17) is 0 Å². The number of hydrogen-bond donors (Lipinski definition) is 0. The molecule has 7 aromatic rings. The Labute approximate surface area is 449 Å². The molecule has 0 unspecified atom stereocenters. The zero-order valence-electron chi connectivity index (χ0n) is 44.3. The van der Waals surface area contributed by atoms with Crippen molar-refractivity contribution in [1.29, 1.82) is 0 Å². The Morgan fingerprint density at radius 2 is 0.600 bits per heavy atom. The van der Waals surface area contributed by atoms with Crippen molar-refractivity contribution in [2.75, 3.05) is 0 Å². The van der Waals surface area contributed by atoms with Gasteiger partial charge in [0.2, 0.25) is 0 Å². The molecular weight excluding hydrogens is 901 g/mol. The topological polar surface area (TPSA) is 0 Å². The van der Waals surface area contributed by atoms with E-state index in [0.717, 1.165) is 118 Å². The van der Waals surface area contributed by atoms with Gasteiger partial charge in [-0.05, 0) is 127 Å². The van der Waals surface area contributed by atoms with Gasteiger partial charge in [0.1, 0.15) is 0 Å². The molecular formula is C75H66. The van der Waals surface area contributed by atoms with Crippen molar-refractivity contribution >= 4 is 22.3 Å². The van der Waals surface area contributed by atoms with Crippen molar-refractivity contribution in [3.63, 3.8) is 0 Å². The van der Waals surface area contributed by atoms with E-state index in [1.807, 2.05) is 12.2 Å². The Bertz CT molecular complexity index is 3610. The zero-order valence-corrected chi connectivity index (χ0v) is 44.3. The monoisotopic (exact) mass is 967 g/mol. The van der Waals surface area contributed by atoms with Gasteiger partial charge < -0.3 is 0 Å². The van der Waals surface area contributed by atoms with Crippen LogP contribution in [0, 0.1) is 95.8 Å². The summed E-state index contributed by atoms with van der Waals surface area (Å²) >= 11 is 0. The smallest absolute Gasteiger partial charge is 0.0431 e. The molecule has 0 N–H and O–H groups in total. The first-order valence-electron chi connectivity index (χ1n) is 25.5. The maximum absolute atomic E-state index is 3.91. The Morgan fingerprint density at radius 3 is 0.867 bits per heavy atom. The van der Waals surface area contributed by atoms with Gasteiger partial charge in [-0.25, -0.2) is 0 Å². The molecule has 0 aromatic heterocycles. The predicted molar refractivity (Wildman–Crippen MR) is 323 cm³/mol. The van der Waals surface area contributed by atoms with E-state index in [0.29, 0.717) is 0 Å². The lowest BCUT2D eigenvalue weighted by Gasteiger charge is -2.27. The summed E-state index contributed by atoms with van der Waals surface area (Å²) in [7, 11) is 0. The van der Waals surface area contributed by atoms with Gasteiger partial charge in [0, 0.05) is 61.3 Å². The lowest BCUT2D eigenvalue weighted by Crippen LogP contribution is -2.10. The molecule has 7 aromatic carbocycles. The van der Waals surface area contributed by atoms with Crippen LogP contribution < -0.4 is 0 Å². The second-order valence-electron chi connectivity index (χ2n) is 19.2. The van der Waals surface area contributed by atoms with Crippen LogP contribution in [0.4, 0.5) is 0 Å². The maximum Gasteiger partial charge on any atom is 0.0431 e. The predicted octanol–water partition coefficient (Wildman–Crippen LogP) is 18.2. The molecule has 0 fully saturated rings. The summed E-state index contributed by atoms with van der Waals surface area (Å²) in [6, 6.07) is 60.5. The van der Waals surface area contributed by atoms with Crippen LogP contribution in [0.1, 0.15) is 106 Å². The van der Waals surface area contributed by atoms with Gasteiger partial charge in [0.25, 0.3) is 0 Å². The van der Waals surface area contributed by atoms with Crippen LogP contribution >= 0.6 is 0 Å². The minimum atomic E-state index is 0. The zero-order chi connectivity index (χ0) is 52.0. The highest BCUT2D eigenvalue weighted by atomic mass is 14.3. The van der Waals surface area contributed by atoms with Gasteiger partial charge in [-0.2, -0.15) is 0 Å². The van der Waals surface area contributed by atoms with E-state index in [-0.39, 0.29) is 7.43 Å². The van der Waals surface area contributed by atoms with Crippen LogP contribution in [0.15, 0.2) is 228 Å². The summed E-state index contributed by atoms with van der Waals surface area (Å²) in [5.74, 6) is 30.2. The molecule has 0 heterocycles. The number of hydrogen-bond acceptors (Lipinski definition) is 0. The molecule has 0 nitrogen and oxygen atoms in total. The lowest BCUT2D eigenvalue weighted by molar-refractivity contribution is 1.22. The molecule has 0 saturated carbocycles. The summed E-state index contributed by atoms with van der Waals surface area (Å²) in [5.41, 5.74) is 22.7. The highest BCUT2D eigenvalue weighted by Gasteiger charge is 2.31. The fraction of sp³-hybridized carbons (Fsp3) is 0.147. The molecule has 1 aliphatic rings. The minimum Gasteiger partial charge on any atom is -0.0845 e. The molecule has 0 amide bonds. The minimum absolute atomic E-state index is 0. The van der Waals surface area contributed by atoms with Gasteiger partial charge >= 0.3 is 0 Å². The van der Waals surface area contributed by atoms with E-state index in [9.17, 15) is 0 Å². The molecule has 0 heteroatoms. The van der Waals surface area contributed by atoms with Crippen molar-refractivity contribution in [1.82, 2.24) is 0 Å². The average Bonchev–Trinajstić information content (AvgIpc) is 3.40. The first kappa shape index (κ1) is 53.8. The summed E-state index contributed by atoms with van der Waals surface area (Å²) in [6.45, 7) is 19.1. The molecule has 1 aliphatic carbocycles. The molecule has 0 atom stereocenters. The first-order chi connectivity index (χ1) is 35.9. The van der Waals surface area contributed by atoms with Crippen LogP contribution in [0.3, 0.4) is 0 Å². The highest BCUT2D eigenvalue weighted by Crippen LogP contribution is 2.48. The Hall–Kier alpha value is -9.04. The first-order valence-corrected chi connectivity index (χ1v) is 25.5. The fourth-order valence-corrected chi connectivity index (χ4v) is 8.57. The van der Waals surface area contributed by atoms with Crippen LogP contribution in [-0.2, 0) is 0 Å². The van der Waals surface area contributed by atoms with Crippen molar-refractivity contribution in [2.45, 2.75) is 76.2 Å². The molecule has 0 saturated heterocycles. The summed E-state index contributed by atoms with van der Waals surface area (Å²) < 4.78 is 0. The number of allylic oxidation sites excluding steroid dienone is 14. The maximum atomic E-state index is 3.91. The molecule has 0 bridgehead atoms. The summed E-state index contributed by atoms with van der Waals surface area (Å²) in [4.78, 5) is 0. The average molecular weight is 967 g/mol. The third-order valence-corrected chi connectivity index (χ3v) is 12.9. The Morgan fingerprint density at radius 1 is 0.347 bits per heavy atom. The molecule has 0 aliphatic heterocycles. The molecule has 0 spiro atoms. The molecule has 366 valence electrons. The molecule has 75 heavy (non-hydrogen) atoms. The quantitative estimate of drug-likeness (QED) is 0.110. The van der Waals surface area contributed by atoms with E-state index < -0.39 is 0 Å². The van der Waals surface area contributed by atoms with E-state index in [1.165, 1.54) is 16.7 Å². The van der Waals surface area contributed by atoms with Crippen molar-refractivity contribution in [2.24, 2.45) is 0 Å². The third-order valence-electron chi connectivity index (χ3n) is 12.9. The van der Waals surface area contributed by atoms with Gasteiger partial charge in [0.15, 0.2) is 0 Å². The molecule has 8 rings (SSSR count). The Balaban J connectivity index is 0.00000820. The number of benzene rings is 7. The van der Waals surface area contributed by atoms with Crippen LogP contribution in [0.5, 0.6) is 0 Å². The standard InChI is InChI=1S/C74H62.CH4/c1-10-11-15-52(2)16-13-12-14-17-67-71(63-41-24-56(6)25-42-63)68(49-38-60-32-18-53(3)19-33-60)73(65-45-28-58(8)29-46-65)70(51-40-62-36-22-55(5)23-37-62)74(66-47-30-59(9)31-48-66)69(50-39-61-34-20-54(4)21-35-61)72(67)64-43-26-57(7)27-44-64;/h11-13,15-16,18-37,41-48H,10H2,1-9H3;1H4/b13-12+,15-11-,52-16-,71-67-,71-68?,72-67?,72-69-,73-68-,73-70?,74-69?,74-70-;. The SMILES string of the molecule is C.CC\C=C/C(C)=C\C=C\C#CC1=C(c2ccc(C)cc2)/C(C#Cc2ccc(C)cc2)=C(c2ccc(C)cc2)\C(C#Cc2ccc(C)cc2)=C(c2ccc(C)cc2)/C(C#Cc2ccc(C)cc2)=C\1c1ccc(C)cc1. The van der Waals surface area contributed by atoms with E-state index in [1.54, 1.807) is 0 Å². The lowest BCUT2D eigenvalue weighted by atomic mass is 9.74. The number of rotatable bonds is 7. The molecule has 0 radical (unpaired) electrons. The van der Waals surface area contributed by atoms with Gasteiger partial charge in [-0.1, -0.05) is 264 Å². The van der Waals surface area contributed by atoms with Crippen molar-refractivity contribution in [3.8, 4) is 47.4 Å². The van der Waals surface area contributed by atoms with Gasteiger partial charge in [-0.3, -0.25) is 0 Å². The summed E-state index contributed by atoms with van der Waals surface area (Å²) in [6.07, 6.45) is 11.4. The van der Waals surface area contributed by atoms with E-state index >= 15 is 0 Å². The summed E-state index contributed by atoms with van der Waals surface area (Å²) in [5, 5.41) is 0. The fourth-order valence-electron chi connectivity index (χ4n) is 8.57. The third kappa shape index (κ3) is 13.9. The van der Waals surface area contributed by atoms with Crippen LogP contribution in [0.2, 0.25) is 0 Å². The normalized spacial score (nSPS) is 16.5. The van der Waals surface area contributed by atoms with Crippen LogP contribution in [-0.4, -0.2) is 0 Å². The Kier molecular flexibility index (Phi) is 18.3. The van der Waals surface area contributed by atoms with Gasteiger partial charge in [-0.15, -0.1) is 0 Å². The second kappa shape index (κ2) is 25.6. The second-order valence-corrected chi connectivity index (χ2v) is 19.2. The van der Waals surface area contributed by atoms with Crippen molar-refractivity contribution in [3.05, 3.63) is 306 Å².